The first-order valence-electron chi connectivity index (χ1n) is 5.39. The molecule has 0 radical (unpaired) electrons. The zero-order chi connectivity index (χ0) is 11.6. The van der Waals surface area contributed by atoms with Crippen LogP contribution in [0.25, 0.3) is 0 Å². The van der Waals surface area contributed by atoms with E-state index >= 15 is 0 Å². The van der Waals surface area contributed by atoms with Crippen molar-refractivity contribution in [2.75, 3.05) is 13.2 Å². The zero-order valence-corrected chi connectivity index (χ0v) is 9.28. The van der Waals surface area contributed by atoms with Crippen molar-refractivity contribution < 1.29 is 13.9 Å². The van der Waals surface area contributed by atoms with E-state index in [1.165, 1.54) is 6.07 Å². The van der Waals surface area contributed by atoms with Crippen LogP contribution in [0.4, 0.5) is 4.39 Å². The Labute approximate surface area is 94.3 Å². The van der Waals surface area contributed by atoms with Crippen LogP contribution in [0.5, 0.6) is 0 Å². The van der Waals surface area contributed by atoms with Gasteiger partial charge in [0.15, 0.2) is 5.79 Å². The highest BCUT2D eigenvalue weighted by atomic mass is 19.1. The van der Waals surface area contributed by atoms with E-state index in [2.05, 4.69) is 0 Å². The van der Waals surface area contributed by atoms with Gasteiger partial charge in [-0.1, -0.05) is 18.2 Å². The Hall–Kier alpha value is -0.970. The molecule has 1 aliphatic rings. The maximum atomic E-state index is 13.5. The largest absolute Gasteiger partial charge is 0.348 e. The first-order chi connectivity index (χ1) is 7.61. The number of ether oxygens (including phenoxy) is 2. The van der Waals surface area contributed by atoms with Crippen LogP contribution in [0.1, 0.15) is 24.9 Å². The highest BCUT2D eigenvalue weighted by molar-refractivity contribution is 5.21. The van der Waals surface area contributed by atoms with E-state index in [1.54, 1.807) is 18.2 Å². The summed E-state index contributed by atoms with van der Waals surface area (Å²) in [4.78, 5) is 0. The van der Waals surface area contributed by atoms with E-state index in [0.29, 0.717) is 25.2 Å². The average molecular weight is 225 g/mol. The van der Waals surface area contributed by atoms with Crippen molar-refractivity contribution >= 4 is 0 Å². The van der Waals surface area contributed by atoms with Gasteiger partial charge in [0, 0.05) is 18.0 Å². The summed E-state index contributed by atoms with van der Waals surface area (Å²) in [5, 5.41) is 0. The molecular weight excluding hydrogens is 209 g/mol. The molecule has 1 atom stereocenters. The number of rotatable bonds is 3. The molecule has 1 aromatic carbocycles. The normalized spacial score (nSPS) is 20.9. The number of hydrogen-bond acceptors (Lipinski definition) is 3. The van der Waals surface area contributed by atoms with Crippen LogP contribution < -0.4 is 5.73 Å². The molecule has 1 unspecified atom stereocenters. The van der Waals surface area contributed by atoms with E-state index in [4.69, 9.17) is 15.2 Å². The molecule has 2 N–H and O–H groups in total. The molecule has 88 valence electrons. The molecule has 2 rings (SSSR count). The van der Waals surface area contributed by atoms with Crippen molar-refractivity contribution in [3.8, 4) is 0 Å². The third-order valence-electron chi connectivity index (χ3n) is 2.79. The van der Waals surface area contributed by atoms with E-state index in [0.717, 1.165) is 0 Å². The molecule has 1 fully saturated rings. The van der Waals surface area contributed by atoms with Gasteiger partial charge in [-0.2, -0.15) is 0 Å². The third kappa shape index (κ3) is 2.40. The Kier molecular flexibility index (Phi) is 3.23. The van der Waals surface area contributed by atoms with Crippen molar-refractivity contribution in [3.63, 3.8) is 0 Å². The Morgan fingerprint density at radius 3 is 2.62 bits per heavy atom. The fourth-order valence-electron chi connectivity index (χ4n) is 1.96. The van der Waals surface area contributed by atoms with Crippen molar-refractivity contribution in [3.05, 3.63) is 35.6 Å². The summed E-state index contributed by atoms with van der Waals surface area (Å²) < 4.78 is 24.4. The van der Waals surface area contributed by atoms with Crippen LogP contribution >= 0.6 is 0 Å². The highest BCUT2D eigenvalue weighted by Crippen LogP contribution is 2.29. The smallest absolute Gasteiger partial charge is 0.167 e. The Balaban J connectivity index is 2.08. The molecule has 1 saturated heterocycles. The predicted octanol–water partition coefficient (Wildman–Crippen LogP) is 1.98. The highest BCUT2D eigenvalue weighted by Gasteiger charge is 2.33. The lowest BCUT2D eigenvalue weighted by atomic mass is 10.00. The van der Waals surface area contributed by atoms with Crippen LogP contribution in [-0.4, -0.2) is 19.0 Å². The van der Waals surface area contributed by atoms with Gasteiger partial charge in [0.25, 0.3) is 0 Å². The first kappa shape index (κ1) is 11.5. The van der Waals surface area contributed by atoms with E-state index in [1.807, 2.05) is 6.92 Å². The first-order valence-corrected chi connectivity index (χ1v) is 5.39. The van der Waals surface area contributed by atoms with E-state index in [-0.39, 0.29) is 5.82 Å². The van der Waals surface area contributed by atoms with Gasteiger partial charge in [-0.25, -0.2) is 4.39 Å². The maximum absolute atomic E-state index is 13.5. The number of halogens is 1. The second-order valence-electron chi connectivity index (χ2n) is 4.16. The minimum Gasteiger partial charge on any atom is -0.348 e. The summed E-state index contributed by atoms with van der Waals surface area (Å²) in [6.07, 6.45) is 0.452. The van der Waals surface area contributed by atoms with Gasteiger partial charge in [-0.15, -0.1) is 0 Å². The second-order valence-corrected chi connectivity index (χ2v) is 4.16. The number of nitrogens with two attached hydrogens (primary N) is 1. The molecule has 0 aliphatic carbocycles. The number of benzene rings is 1. The molecule has 1 aromatic rings. The molecule has 0 aromatic heterocycles. The lowest BCUT2D eigenvalue weighted by Gasteiger charge is -2.26. The monoisotopic (exact) mass is 225 g/mol. The van der Waals surface area contributed by atoms with E-state index in [9.17, 15) is 4.39 Å². The predicted molar refractivity (Wildman–Crippen MR) is 58.3 cm³/mol. The van der Waals surface area contributed by atoms with Crippen molar-refractivity contribution in [2.45, 2.75) is 25.2 Å². The molecular formula is C12H16FNO2. The van der Waals surface area contributed by atoms with Gasteiger partial charge >= 0.3 is 0 Å². The van der Waals surface area contributed by atoms with Crippen LogP contribution in [-0.2, 0) is 9.47 Å². The van der Waals surface area contributed by atoms with Crippen molar-refractivity contribution in [1.29, 1.82) is 0 Å². The summed E-state index contributed by atoms with van der Waals surface area (Å²) in [6.45, 7) is 2.97. The van der Waals surface area contributed by atoms with Crippen LogP contribution in [0.15, 0.2) is 24.3 Å². The van der Waals surface area contributed by atoms with Crippen molar-refractivity contribution in [1.82, 2.24) is 0 Å². The number of hydrogen-bond donors (Lipinski definition) is 1. The van der Waals surface area contributed by atoms with Gasteiger partial charge in [0.1, 0.15) is 5.82 Å². The third-order valence-corrected chi connectivity index (χ3v) is 2.79. The maximum Gasteiger partial charge on any atom is 0.167 e. The molecule has 1 aliphatic heterocycles. The molecule has 0 bridgehead atoms. The lowest BCUT2D eigenvalue weighted by molar-refractivity contribution is -0.150. The SMILES string of the molecule is CC1(CC(N)c2ccccc2F)OCCO1. The summed E-state index contributed by atoms with van der Waals surface area (Å²) in [5.41, 5.74) is 6.46. The summed E-state index contributed by atoms with van der Waals surface area (Å²) in [6, 6.07) is 6.11. The summed E-state index contributed by atoms with van der Waals surface area (Å²) >= 11 is 0. The van der Waals surface area contributed by atoms with Crippen LogP contribution in [0, 0.1) is 5.82 Å². The minimum absolute atomic E-state index is 0.281. The molecule has 0 saturated carbocycles. The van der Waals surface area contributed by atoms with Gasteiger partial charge in [0.05, 0.1) is 13.2 Å². The molecule has 1 heterocycles. The quantitative estimate of drug-likeness (QED) is 0.855. The average Bonchev–Trinajstić information content (AvgIpc) is 2.65. The van der Waals surface area contributed by atoms with Gasteiger partial charge in [-0.3, -0.25) is 0 Å². The second kappa shape index (κ2) is 4.49. The molecule has 3 nitrogen and oxygen atoms in total. The molecule has 4 heteroatoms. The fraction of sp³-hybridized carbons (Fsp3) is 0.500. The fourth-order valence-corrected chi connectivity index (χ4v) is 1.96. The summed E-state index contributed by atoms with van der Waals surface area (Å²) in [7, 11) is 0. The lowest BCUT2D eigenvalue weighted by Crippen LogP contribution is -2.31. The van der Waals surface area contributed by atoms with Crippen LogP contribution in [0.2, 0.25) is 0 Å². The Morgan fingerprint density at radius 1 is 1.38 bits per heavy atom. The Bertz CT molecular complexity index is 364. The topological polar surface area (TPSA) is 44.5 Å². The summed E-state index contributed by atoms with van der Waals surface area (Å²) in [5.74, 6) is -0.960. The molecule has 16 heavy (non-hydrogen) atoms. The zero-order valence-electron chi connectivity index (χ0n) is 9.28. The van der Waals surface area contributed by atoms with Gasteiger partial charge < -0.3 is 15.2 Å². The standard InChI is InChI=1S/C12H16FNO2/c1-12(15-6-7-16-12)8-11(14)9-4-2-3-5-10(9)13/h2-5,11H,6-8,14H2,1H3. The van der Waals surface area contributed by atoms with Gasteiger partial charge in [-0.05, 0) is 13.0 Å². The molecule has 0 spiro atoms. The van der Waals surface area contributed by atoms with Crippen molar-refractivity contribution in [2.24, 2.45) is 5.73 Å². The molecule has 0 amide bonds. The Morgan fingerprint density at radius 2 is 2.00 bits per heavy atom. The van der Waals surface area contributed by atoms with Crippen LogP contribution in [0.3, 0.4) is 0 Å². The van der Waals surface area contributed by atoms with Gasteiger partial charge in [0.2, 0.25) is 0 Å². The van der Waals surface area contributed by atoms with E-state index < -0.39 is 11.8 Å². The minimum atomic E-state index is -0.679.